The quantitative estimate of drug-likeness (QED) is 0.328. The van der Waals surface area contributed by atoms with E-state index in [1.165, 1.54) is 23.9 Å². The number of benzene rings is 1. The minimum atomic E-state index is -5.08. The van der Waals surface area contributed by atoms with E-state index < -0.39 is 43.5 Å². The van der Waals surface area contributed by atoms with Gasteiger partial charge in [0.25, 0.3) is 0 Å². The van der Waals surface area contributed by atoms with Gasteiger partial charge in [-0.1, -0.05) is 12.1 Å². The number of anilines is 1. The molecule has 3 atom stereocenters. The number of carbonyl (C=O) groups is 2. The molecule has 0 amide bonds. The van der Waals surface area contributed by atoms with E-state index in [0.29, 0.717) is 12.2 Å². The fourth-order valence-corrected chi connectivity index (χ4v) is 4.18. The zero-order valence-corrected chi connectivity index (χ0v) is 20.2. The number of carboxylic acid groups (broad SMARTS) is 1. The van der Waals surface area contributed by atoms with Crippen LogP contribution in [0.2, 0.25) is 0 Å². The third-order valence-corrected chi connectivity index (χ3v) is 6.09. The minimum Gasteiger partial charge on any atom is -0.475 e. The van der Waals surface area contributed by atoms with Crippen molar-refractivity contribution in [2.45, 2.75) is 31.3 Å². The summed E-state index contributed by atoms with van der Waals surface area (Å²) in [4.78, 5) is 35.7. The molecule has 0 bridgehead atoms. The van der Waals surface area contributed by atoms with E-state index in [1.54, 1.807) is 24.3 Å². The first kappa shape index (κ1) is 29.8. The molecule has 5 N–H and O–H groups in total. The molecule has 1 unspecified atom stereocenters. The van der Waals surface area contributed by atoms with E-state index >= 15 is 0 Å². The first-order chi connectivity index (χ1) is 17.2. The number of nitrogens with two attached hydrogens (primary N) is 2. The number of hydrogen-bond donors (Lipinski definition) is 3. The lowest BCUT2D eigenvalue weighted by atomic mass is 10.1. The summed E-state index contributed by atoms with van der Waals surface area (Å²) in [5, 5.41) is 7.12. The van der Waals surface area contributed by atoms with E-state index in [2.05, 4.69) is 9.72 Å². The Labute approximate surface area is 207 Å². The molecule has 0 aliphatic carbocycles. The molecule has 2 aromatic rings. The number of alkyl halides is 3. The Balaban J connectivity index is 0.000000604. The lowest BCUT2D eigenvalue weighted by molar-refractivity contribution is -0.192. The molecule has 1 aliphatic rings. The Bertz CT molecular complexity index is 1180. The molecule has 1 aliphatic heterocycles. The van der Waals surface area contributed by atoms with Gasteiger partial charge in [-0.25, -0.2) is 14.2 Å². The molecule has 1 aromatic heterocycles. The Hall–Kier alpha value is -3.46. The summed E-state index contributed by atoms with van der Waals surface area (Å²) in [6, 6.07) is 7.36. The Morgan fingerprint density at radius 3 is 2.41 bits per heavy atom. The summed E-state index contributed by atoms with van der Waals surface area (Å²) in [5.74, 6) is -2.80. The number of carboxylic acids is 1. The van der Waals surface area contributed by atoms with Crippen LogP contribution in [-0.2, 0) is 41.1 Å². The summed E-state index contributed by atoms with van der Waals surface area (Å²) >= 11 is 0. The van der Waals surface area contributed by atoms with Gasteiger partial charge in [0, 0.05) is 6.20 Å². The van der Waals surface area contributed by atoms with E-state index in [4.69, 9.17) is 35.2 Å². The van der Waals surface area contributed by atoms with Crippen LogP contribution >= 0.6 is 7.60 Å². The number of halogens is 3. The average Bonchev–Trinajstić information content (AvgIpc) is 2.82. The number of aliphatic carboxylic acids is 1. The highest BCUT2D eigenvalue weighted by Gasteiger charge is 2.38. The third kappa shape index (κ3) is 9.49. The van der Waals surface area contributed by atoms with Gasteiger partial charge in [0.05, 0.1) is 20.3 Å². The van der Waals surface area contributed by atoms with Gasteiger partial charge in [-0.3, -0.25) is 13.9 Å². The molecule has 37 heavy (non-hydrogen) atoms. The first-order valence-electron chi connectivity index (χ1n) is 10.3. The molecule has 0 saturated carbocycles. The van der Waals surface area contributed by atoms with E-state index in [1.807, 2.05) is 0 Å². The second-order valence-corrected chi connectivity index (χ2v) is 9.40. The van der Waals surface area contributed by atoms with Gasteiger partial charge in [-0.05, 0) is 30.2 Å². The molecular weight excluding hydrogens is 528 g/mol. The fourth-order valence-electron chi connectivity index (χ4n) is 2.77. The lowest BCUT2D eigenvalue weighted by Gasteiger charge is -2.29. The second kappa shape index (κ2) is 12.7. The topological polar surface area (TPSA) is 195 Å². The SMILES string of the molecule is COC(=O)[C@H](N)Cc1ccc(OP2(=O)CO[C@@H](Cn3ccc(N)nc3=O)CO2)cc1.O=C(O)C(F)(F)F. The van der Waals surface area contributed by atoms with Crippen molar-refractivity contribution in [2.24, 2.45) is 5.73 Å². The number of aromatic nitrogens is 2. The number of methoxy groups -OCH3 is 1. The van der Waals surface area contributed by atoms with Crippen molar-refractivity contribution in [3.05, 3.63) is 52.6 Å². The molecule has 2 heterocycles. The van der Waals surface area contributed by atoms with Gasteiger partial charge in [-0.15, -0.1) is 0 Å². The zero-order chi connectivity index (χ0) is 27.8. The van der Waals surface area contributed by atoms with Crippen molar-refractivity contribution >= 4 is 25.4 Å². The average molecular weight is 552 g/mol. The fraction of sp³-hybridized carbons (Fsp3) is 0.400. The number of nitrogen functional groups attached to an aromatic ring is 1. The highest BCUT2D eigenvalue weighted by molar-refractivity contribution is 7.54. The standard InChI is InChI=1S/C18H23N4O7P.C2HF3O2/c1-26-17(23)15(19)8-12-2-4-13(5-3-12)29-30(25)11-27-14(10-28-30)9-22-7-6-16(20)21-18(22)24;3-2(4,5)1(6)7/h2-7,14-15H,8-11,19H2,1H3,(H2,20,21,24);(H,6,7)/t14-,15+,30?;/m0./s1. The Morgan fingerprint density at radius 1 is 1.30 bits per heavy atom. The van der Waals surface area contributed by atoms with Gasteiger partial charge in [0.1, 0.15) is 23.7 Å². The van der Waals surface area contributed by atoms with Gasteiger partial charge in [0.2, 0.25) is 0 Å². The van der Waals surface area contributed by atoms with Crippen LogP contribution in [0.25, 0.3) is 0 Å². The van der Waals surface area contributed by atoms with Crippen LogP contribution in [0.3, 0.4) is 0 Å². The van der Waals surface area contributed by atoms with Crippen LogP contribution in [0.5, 0.6) is 5.75 Å². The number of carbonyl (C=O) groups excluding carboxylic acids is 1. The minimum absolute atomic E-state index is 0.0137. The van der Waals surface area contributed by atoms with Gasteiger partial charge >= 0.3 is 31.4 Å². The van der Waals surface area contributed by atoms with Crippen LogP contribution in [0.4, 0.5) is 19.0 Å². The maximum absolute atomic E-state index is 12.8. The van der Waals surface area contributed by atoms with Crippen molar-refractivity contribution in [3.8, 4) is 5.75 Å². The van der Waals surface area contributed by atoms with Crippen molar-refractivity contribution in [2.75, 3.05) is 25.8 Å². The van der Waals surface area contributed by atoms with Crippen molar-refractivity contribution in [1.29, 1.82) is 0 Å². The lowest BCUT2D eigenvalue weighted by Crippen LogP contribution is -2.35. The van der Waals surface area contributed by atoms with Crippen LogP contribution in [0, 0.1) is 0 Å². The summed E-state index contributed by atoms with van der Waals surface area (Å²) < 4.78 is 66.9. The monoisotopic (exact) mass is 552 g/mol. The molecule has 17 heteroatoms. The van der Waals surface area contributed by atoms with Crippen molar-refractivity contribution < 1.29 is 51.0 Å². The van der Waals surface area contributed by atoms with Crippen molar-refractivity contribution in [1.82, 2.24) is 9.55 Å². The zero-order valence-electron chi connectivity index (χ0n) is 19.3. The highest BCUT2D eigenvalue weighted by atomic mass is 31.2. The second-order valence-electron chi connectivity index (χ2n) is 7.48. The van der Waals surface area contributed by atoms with Crippen LogP contribution in [0.15, 0.2) is 41.3 Å². The molecule has 204 valence electrons. The molecule has 0 radical (unpaired) electrons. The molecule has 1 saturated heterocycles. The van der Waals surface area contributed by atoms with Crippen LogP contribution in [-0.4, -0.2) is 65.0 Å². The predicted molar refractivity (Wildman–Crippen MR) is 121 cm³/mol. The maximum Gasteiger partial charge on any atom is 0.490 e. The maximum atomic E-state index is 12.8. The largest absolute Gasteiger partial charge is 0.490 e. The van der Waals surface area contributed by atoms with Crippen LogP contribution in [0.1, 0.15) is 5.56 Å². The number of nitrogens with zero attached hydrogens (tertiary/aromatic N) is 2. The number of hydrogen-bond acceptors (Lipinski definition) is 11. The summed E-state index contributed by atoms with van der Waals surface area (Å²) in [7, 11) is -2.23. The first-order valence-corrected chi connectivity index (χ1v) is 12.1. The Morgan fingerprint density at radius 2 is 1.92 bits per heavy atom. The molecule has 3 rings (SSSR count). The molecule has 13 nitrogen and oxygen atoms in total. The molecule has 1 fully saturated rings. The van der Waals surface area contributed by atoms with Gasteiger partial charge < -0.3 is 30.6 Å². The third-order valence-electron chi connectivity index (χ3n) is 4.59. The van der Waals surface area contributed by atoms with E-state index in [9.17, 15) is 27.3 Å². The van der Waals surface area contributed by atoms with Crippen LogP contribution < -0.4 is 21.7 Å². The summed E-state index contributed by atoms with van der Waals surface area (Å²) in [6.07, 6.45) is -4.03. The Kier molecular flexibility index (Phi) is 10.2. The molecule has 0 spiro atoms. The van der Waals surface area contributed by atoms with E-state index in [0.717, 1.165) is 5.56 Å². The van der Waals surface area contributed by atoms with Gasteiger partial charge in [0.15, 0.2) is 6.35 Å². The highest BCUT2D eigenvalue weighted by Crippen LogP contribution is 2.50. The van der Waals surface area contributed by atoms with Gasteiger partial charge in [-0.2, -0.15) is 18.2 Å². The number of esters is 1. The number of rotatable bonds is 7. The van der Waals surface area contributed by atoms with Crippen molar-refractivity contribution in [3.63, 3.8) is 0 Å². The molecular formula is C20H24F3N4O9P. The smallest absolute Gasteiger partial charge is 0.475 e. The summed E-state index contributed by atoms with van der Waals surface area (Å²) in [6.45, 7) is 0.168. The number of ether oxygens (including phenoxy) is 2. The molecule has 1 aromatic carbocycles. The normalized spacial score (nSPS) is 20.2. The summed E-state index contributed by atoms with van der Waals surface area (Å²) in [5.41, 5.74) is 11.5. The predicted octanol–water partition coefficient (Wildman–Crippen LogP) is 1.15. The van der Waals surface area contributed by atoms with E-state index in [-0.39, 0.29) is 25.3 Å².